The summed E-state index contributed by atoms with van der Waals surface area (Å²) in [5.74, 6) is 0.929. The molecule has 1 aliphatic carbocycles. The Bertz CT molecular complexity index is 1120. The van der Waals surface area contributed by atoms with Crippen molar-refractivity contribution in [1.82, 2.24) is 15.0 Å². The van der Waals surface area contributed by atoms with Crippen LogP contribution in [0.1, 0.15) is 29.0 Å². The highest BCUT2D eigenvalue weighted by Gasteiger charge is 2.23. The number of rotatable bonds is 5. The van der Waals surface area contributed by atoms with E-state index >= 15 is 0 Å². The van der Waals surface area contributed by atoms with Crippen LogP contribution in [0.3, 0.4) is 0 Å². The number of carboxylic acid groups (broad SMARTS) is 1. The van der Waals surface area contributed by atoms with Gasteiger partial charge < -0.3 is 9.84 Å². The van der Waals surface area contributed by atoms with Crippen LogP contribution in [-0.2, 0) is 0 Å². The van der Waals surface area contributed by atoms with Gasteiger partial charge >= 0.3 is 5.97 Å². The Hall–Kier alpha value is -3.80. The van der Waals surface area contributed by atoms with Crippen LogP contribution in [0.2, 0.25) is 0 Å². The maximum Gasteiger partial charge on any atom is 0.335 e. The van der Waals surface area contributed by atoms with Gasteiger partial charge in [-0.3, -0.25) is 4.98 Å². The van der Waals surface area contributed by atoms with Crippen molar-refractivity contribution in [2.75, 3.05) is 6.61 Å². The highest BCUT2D eigenvalue weighted by atomic mass is 16.5. The lowest BCUT2D eigenvalue weighted by Gasteiger charge is -2.10. The van der Waals surface area contributed by atoms with Crippen molar-refractivity contribution in [2.24, 2.45) is 5.92 Å². The van der Waals surface area contributed by atoms with Crippen LogP contribution >= 0.6 is 0 Å². The number of benzene rings is 2. The number of pyridine rings is 1. The first-order valence-corrected chi connectivity index (χ1v) is 10.2. The summed E-state index contributed by atoms with van der Waals surface area (Å²) in [6.07, 6.45) is 5.96. The van der Waals surface area contributed by atoms with Gasteiger partial charge in [0.2, 0.25) is 5.88 Å². The van der Waals surface area contributed by atoms with Gasteiger partial charge in [-0.2, -0.15) is 4.98 Å². The monoisotopic (exact) mass is 413 g/mol. The molecular formula is C25H23N3O3. The van der Waals surface area contributed by atoms with Gasteiger partial charge in [0.05, 0.1) is 23.3 Å². The minimum Gasteiger partial charge on any atom is -0.478 e. The first-order chi connectivity index (χ1) is 15.1. The summed E-state index contributed by atoms with van der Waals surface area (Å²) in [5.41, 5.74) is 2.96. The van der Waals surface area contributed by atoms with E-state index in [1.165, 1.54) is 18.2 Å². The zero-order valence-corrected chi connectivity index (χ0v) is 17.2. The molecule has 0 saturated heterocycles. The molecule has 2 heterocycles. The molecule has 0 amide bonds. The fourth-order valence-corrected chi connectivity index (χ4v) is 3.05. The average Bonchev–Trinajstić information content (AvgIpc) is 3.63. The van der Waals surface area contributed by atoms with Crippen LogP contribution < -0.4 is 4.74 Å². The molecule has 1 N–H and O–H groups in total. The number of para-hydroxylation sites is 1. The van der Waals surface area contributed by atoms with Gasteiger partial charge in [-0.05, 0) is 55.5 Å². The highest BCUT2D eigenvalue weighted by molar-refractivity contribution is 5.88. The van der Waals surface area contributed by atoms with Crippen molar-refractivity contribution in [1.29, 1.82) is 0 Å². The number of hydrogen-bond donors (Lipinski definition) is 1. The minimum atomic E-state index is -0.938. The Balaban J connectivity index is 0.000000192. The molecule has 1 aliphatic rings. The molecule has 0 aliphatic heterocycles. The lowest BCUT2D eigenvalue weighted by Crippen LogP contribution is -2.04. The molecule has 31 heavy (non-hydrogen) atoms. The molecule has 0 unspecified atom stereocenters. The molecule has 156 valence electrons. The third kappa shape index (κ3) is 5.42. The third-order valence-corrected chi connectivity index (χ3v) is 4.98. The molecule has 6 nitrogen and oxygen atoms in total. The van der Waals surface area contributed by atoms with E-state index in [0.717, 1.165) is 16.6 Å². The van der Waals surface area contributed by atoms with Gasteiger partial charge in [0, 0.05) is 17.8 Å². The highest BCUT2D eigenvalue weighted by Crippen LogP contribution is 2.32. The SMILES string of the molecule is Cc1ncc(-c2ccc(C(=O)O)cc2)c(OCC2CC2)n1.c1ccc2ncccc2c1. The predicted molar refractivity (Wildman–Crippen MR) is 119 cm³/mol. The average molecular weight is 413 g/mol. The molecule has 0 radical (unpaired) electrons. The van der Waals surface area contributed by atoms with Crippen molar-refractivity contribution in [3.8, 4) is 17.0 Å². The summed E-state index contributed by atoms with van der Waals surface area (Å²) in [6, 6.07) is 18.7. The van der Waals surface area contributed by atoms with Crippen LogP contribution in [0.25, 0.3) is 22.0 Å². The van der Waals surface area contributed by atoms with E-state index in [2.05, 4.69) is 27.1 Å². The smallest absolute Gasteiger partial charge is 0.335 e. The normalized spacial score (nSPS) is 12.7. The lowest BCUT2D eigenvalue weighted by molar-refractivity contribution is 0.0697. The van der Waals surface area contributed by atoms with Gasteiger partial charge in [0.1, 0.15) is 5.82 Å². The number of aryl methyl sites for hydroxylation is 1. The number of ether oxygens (including phenoxy) is 1. The Morgan fingerprint density at radius 1 is 1.03 bits per heavy atom. The van der Waals surface area contributed by atoms with E-state index in [1.807, 2.05) is 37.4 Å². The summed E-state index contributed by atoms with van der Waals surface area (Å²) in [4.78, 5) is 23.6. The Kier molecular flexibility index (Phi) is 6.17. The molecule has 1 fully saturated rings. The zero-order valence-electron chi connectivity index (χ0n) is 17.2. The van der Waals surface area contributed by atoms with Crippen molar-refractivity contribution in [3.05, 3.63) is 84.4 Å². The van der Waals surface area contributed by atoms with Gasteiger partial charge in [0.15, 0.2) is 0 Å². The fraction of sp³-hybridized carbons (Fsp3) is 0.200. The van der Waals surface area contributed by atoms with Crippen LogP contribution in [-0.4, -0.2) is 32.6 Å². The molecule has 6 heteroatoms. The topological polar surface area (TPSA) is 85.2 Å². The number of carboxylic acids is 1. The molecule has 4 aromatic rings. The molecule has 0 spiro atoms. The van der Waals surface area contributed by atoms with Crippen molar-refractivity contribution < 1.29 is 14.6 Å². The summed E-state index contributed by atoms with van der Waals surface area (Å²) < 4.78 is 5.81. The first kappa shape index (κ1) is 20.5. The third-order valence-electron chi connectivity index (χ3n) is 4.98. The molecule has 1 saturated carbocycles. The van der Waals surface area contributed by atoms with Crippen LogP contribution in [0.15, 0.2) is 73.1 Å². The summed E-state index contributed by atoms with van der Waals surface area (Å²) in [7, 11) is 0. The van der Waals surface area contributed by atoms with Crippen molar-refractivity contribution in [2.45, 2.75) is 19.8 Å². The second-order valence-electron chi connectivity index (χ2n) is 7.47. The number of aromatic carboxylic acids is 1. The quantitative estimate of drug-likeness (QED) is 0.486. The number of hydrogen-bond acceptors (Lipinski definition) is 5. The fourth-order valence-electron chi connectivity index (χ4n) is 3.05. The van der Waals surface area contributed by atoms with E-state index in [9.17, 15) is 4.79 Å². The summed E-state index contributed by atoms with van der Waals surface area (Å²) >= 11 is 0. The summed E-state index contributed by atoms with van der Waals surface area (Å²) in [5, 5.41) is 10.1. The van der Waals surface area contributed by atoms with E-state index in [0.29, 0.717) is 24.2 Å². The van der Waals surface area contributed by atoms with Gasteiger partial charge in [0.25, 0.3) is 0 Å². The lowest BCUT2D eigenvalue weighted by atomic mass is 10.1. The van der Waals surface area contributed by atoms with Crippen molar-refractivity contribution >= 4 is 16.9 Å². The second-order valence-corrected chi connectivity index (χ2v) is 7.47. The van der Waals surface area contributed by atoms with Gasteiger partial charge in [-0.15, -0.1) is 0 Å². The molecular weight excluding hydrogens is 390 g/mol. The largest absolute Gasteiger partial charge is 0.478 e. The second kappa shape index (κ2) is 9.34. The van der Waals surface area contributed by atoms with E-state index in [4.69, 9.17) is 9.84 Å². The van der Waals surface area contributed by atoms with E-state index < -0.39 is 5.97 Å². The van der Waals surface area contributed by atoms with E-state index in [-0.39, 0.29) is 5.56 Å². The standard InChI is InChI=1S/C16H16N2O3.C9H7N/c1-10-17-8-14(15(18-10)21-9-11-2-3-11)12-4-6-13(7-5-12)16(19)20;1-2-6-9-8(4-1)5-3-7-10-9/h4-8,11H,2-3,9H2,1H3,(H,19,20);1-7H. The number of carbonyl (C=O) groups is 1. The number of fused-ring (bicyclic) bond motifs is 1. The van der Waals surface area contributed by atoms with E-state index in [1.54, 1.807) is 30.5 Å². The van der Waals surface area contributed by atoms with Crippen molar-refractivity contribution in [3.63, 3.8) is 0 Å². The maximum atomic E-state index is 10.9. The number of aromatic nitrogens is 3. The summed E-state index contributed by atoms with van der Waals surface area (Å²) in [6.45, 7) is 2.50. The molecule has 5 rings (SSSR count). The molecule has 0 bridgehead atoms. The Morgan fingerprint density at radius 2 is 1.77 bits per heavy atom. The van der Waals surface area contributed by atoms with Gasteiger partial charge in [-0.25, -0.2) is 9.78 Å². The number of nitrogens with zero attached hydrogens (tertiary/aromatic N) is 3. The van der Waals surface area contributed by atoms with Gasteiger partial charge in [-0.1, -0.05) is 36.4 Å². The Labute approximate surface area is 180 Å². The first-order valence-electron chi connectivity index (χ1n) is 10.2. The minimum absolute atomic E-state index is 0.257. The predicted octanol–water partition coefficient (Wildman–Crippen LogP) is 5.17. The maximum absolute atomic E-state index is 10.9. The van der Waals surface area contributed by atoms with Crippen LogP contribution in [0, 0.1) is 12.8 Å². The molecule has 2 aromatic heterocycles. The van der Waals surface area contributed by atoms with Crippen LogP contribution in [0.4, 0.5) is 0 Å². The van der Waals surface area contributed by atoms with Crippen LogP contribution in [0.5, 0.6) is 5.88 Å². The molecule has 2 aromatic carbocycles. The zero-order chi connectivity index (χ0) is 21.6. The Morgan fingerprint density at radius 3 is 2.48 bits per heavy atom. The molecule has 0 atom stereocenters.